The van der Waals surface area contributed by atoms with Gasteiger partial charge in [0.05, 0.1) is 0 Å². The van der Waals surface area contributed by atoms with Crippen molar-refractivity contribution in [2.45, 2.75) is 39.0 Å². The van der Waals surface area contributed by atoms with E-state index in [2.05, 4.69) is 24.4 Å². The first-order valence-electron chi connectivity index (χ1n) is 9.61. The number of phenols is 1. The van der Waals surface area contributed by atoms with Gasteiger partial charge in [-0.2, -0.15) is 0 Å². The number of benzene rings is 2. The topological polar surface area (TPSA) is 84.6 Å². The van der Waals surface area contributed by atoms with Crippen LogP contribution in [-0.2, 0) is 24.1 Å². The van der Waals surface area contributed by atoms with E-state index < -0.39 is 0 Å². The zero-order valence-electron chi connectivity index (χ0n) is 16.0. The Kier molecular flexibility index (Phi) is 8.65. The number of amides is 1. The van der Waals surface area contributed by atoms with E-state index in [-0.39, 0.29) is 12.5 Å². The fourth-order valence-corrected chi connectivity index (χ4v) is 2.94. The van der Waals surface area contributed by atoms with Crippen LogP contribution >= 0.6 is 0 Å². The molecule has 2 aromatic rings. The molecule has 0 atom stereocenters. The maximum absolute atomic E-state index is 11.6. The summed E-state index contributed by atoms with van der Waals surface area (Å²) in [6, 6.07) is 13.8. The lowest BCUT2D eigenvalue weighted by atomic mass is 10.0. The zero-order valence-corrected chi connectivity index (χ0v) is 16.0. The summed E-state index contributed by atoms with van der Waals surface area (Å²) in [5, 5.41) is 12.8. The average Bonchev–Trinajstić information content (AvgIpc) is 2.67. The Morgan fingerprint density at radius 3 is 2.59 bits per heavy atom. The quantitative estimate of drug-likeness (QED) is 0.568. The molecule has 0 spiro atoms. The molecule has 1 amide bonds. The Bertz CT molecular complexity index is 731. The van der Waals surface area contributed by atoms with E-state index in [1.54, 1.807) is 0 Å². The van der Waals surface area contributed by atoms with Crippen molar-refractivity contribution in [1.29, 1.82) is 0 Å². The number of ether oxygens (including phenoxy) is 1. The molecule has 0 aromatic heterocycles. The number of carbonyl (C=O) groups is 1. The van der Waals surface area contributed by atoms with Crippen molar-refractivity contribution in [3.8, 4) is 11.5 Å². The van der Waals surface area contributed by atoms with Gasteiger partial charge in [0.25, 0.3) is 5.91 Å². The number of phenolic OH excluding ortho intramolecular Hbond substituents is 1. The third-order valence-corrected chi connectivity index (χ3v) is 4.33. The van der Waals surface area contributed by atoms with Crippen LogP contribution in [0, 0.1) is 0 Å². The fraction of sp³-hybridized carbons (Fsp3) is 0.409. The van der Waals surface area contributed by atoms with E-state index in [0.29, 0.717) is 24.6 Å². The standard InChI is InChI=1S/C22H30N2O3/c1-2-5-19-11-10-18(15-21(19)25)7-3-6-17-8-4-9-20(14-17)27-16-22(26)24-13-12-23/h4,8-11,14-15,25H,2-3,5-7,12-13,16,23H2,1H3,(H,24,26). The van der Waals surface area contributed by atoms with Crippen LogP contribution in [0.5, 0.6) is 11.5 Å². The number of aryl methyl sites for hydroxylation is 3. The van der Waals surface area contributed by atoms with Gasteiger partial charge in [-0.3, -0.25) is 4.79 Å². The molecule has 0 radical (unpaired) electrons. The van der Waals surface area contributed by atoms with E-state index in [4.69, 9.17) is 10.5 Å². The van der Waals surface area contributed by atoms with Crippen LogP contribution in [0.3, 0.4) is 0 Å². The summed E-state index contributed by atoms with van der Waals surface area (Å²) >= 11 is 0. The summed E-state index contributed by atoms with van der Waals surface area (Å²) in [4.78, 5) is 11.6. The summed E-state index contributed by atoms with van der Waals surface area (Å²) in [5.41, 5.74) is 8.69. The maximum atomic E-state index is 11.6. The van der Waals surface area contributed by atoms with Gasteiger partial charge in [0.1, 0.15) is 11.5 Å². The van der Waals surface area contributed by atoms with Crippen molar-refractivity contribution in [3.63, 3.8) is 0 Å². The van der Waals surface area contributed by atoms with E-state index in [0.717, 1.165) is 43.2 Å². The summed E-state index contributed by atoms with van der Waals surface area (Å²) < 4.78 is 5.54. The normalized spacial score (nSPS) is 10.6. The van der Waals surface area contributed by atoms with Crippen LogP contribution in [-0.4, -0.2) is 30.7 Å². The number of hydrogen-bond donors (Lipinski definition) is 3. The largest absolute Gasteiger partial charge is 0.508 e. The molecule has 0 heterocycles. The average molecular weight is 370 g/mol. The van der Waals surface area contributed by atoms with Crippen molar-refractivity contribution >= 4 is 5.91 Å². The molecule has 0 aliphatic rings. The third-order valence-electron chi connectivity index (χ3n) is 4.33. The van der Waals surface area contributed by atoms with E-state index in [9.17, 15) is 9.90 Å². The monoisotopic (exact) mass is 370 g/mol. The number of rotatable bonds is 11. The highest BCUT2D eigenvalue weighted by Crippen LogP contribution is 2.22. The second-order valence-corrected chi connectivity index (χ2v) is 6.64. The van der Waals surface area contributed by atoms with Crippen molar-refractivity contribution < 1.29 is 14.6 Å². The number of hydrogen-bond acceptors (Lipinski definition) is 4. The van der Waals surface area contributed by atoms with Crippen molar-refractivity contribution in [3.05, 3.63) is 59.2 Å². The van der Waals surface area contributed by atoms with Crippen LogP contribution in [0.1, 0.15) is 36.5 Å². The predicted octanol–water partition coefficient (Wildman–Crippen LogP) is 2.97. The molecule has 0 saturated carbocycles. The van der Waals surface area contributed by atoms with Gasteiger partial charge < -0.3 is 20.9 Å². The number of aromatic hydroxyl groups is 1. The van der Waals surface area contributed by atoms with Gasteiger partial charge >= 0.3 is 0 Å². The highest BCUT2D eigenvalue weighted by atomic mass is 16.5. The van der Waals surface area contributed by atoms with Gasteiger partial charge in [-0.05, 0) is 60.6 Å². The molecule has 146 valence electrons. The second-order valence-electron chi connectivity index (χ2n) is 6.64. The van der Waals surface area contributed by atoms with Crippen LogP contribution in [0.2, 0.25) is 0 Å². The SMILES string of the molecule is CCCc1ccc(CCCc2cccc(OCC(=O)NCCN)c2)cc1O. The minimum absolute atomic E-state index is 0.00710. The molecule has 0 saturated heterocycles. The lowest BCUT2D eigenvalue weighted by molar-refractivity contribution is -0.123. The molecule has 5 nitrogen and oxygen atoms in total. The van der Waals surface area contributed by atoms with E-state index in [1.165, 1.54) is 5.56 Å². The van der Waals surface area contributed by atoms with Crippen molar-refractivity contribution in [2.24, 2.45) is 5.73 Å². The van der Waals surface area contributed by atoms with E-state index in [1.807, 2.05) is 30.3 Å². The molecule has 4 N–H and O–H groups in total. The van der Waals surface area contributed by atoms with Gasteiger partial charge in [0, 0.05) is 13.1 Å². The number of nitrogens with two attached hydrogens (primary N) is 1. The zero-order chi connectivity index (χ0) is 19.5. The van der Waals surface area contributed by atoms with Crippen molar-refractivity contribution in [2.75, 3.05) is 19.7 Å². The second kappa shape index (κ2) is 11.2. The summed E-state index contributed by atoms with van der Waals surface area (Å²) in [6.45, 7) is 2.97. The molecule has 0 aliphatic heterocycles. The summed E-state index contributed by atoms with van der Waals surface area (Å²) in [6.07, 6.45) is 4.73. The Labute approximate surface area is 161 Å². The first-order valence-corrected chi connectivity index (χ1v) is 9.61. The van der Waals surface area contributed by atoms with E-state index >= 15 is 0 Å². The lowest BCUT2D eigenvalue weighted by Crippen LogP contribution is -2.32. The minimum Gasteiger partial charge on any atom is -0.508 e. The van der Waals surface area contributed by atoms with Crippen LogP contribution < -0.4 is 15.8 Å². The number of carbonyl (C=O) groups excluding carboxylic acids is 1. The van der Waals surface area contributed by atoms with Gasteiger partial charge in [-0.1, -0.05) is 37.6 Å². The molecule has 0 fully saturated rings. The third kappa shape index (κ3) is 7.31. The molecule has 5 heteroatoms. The Balaban J connectivity index is 1.80. The maximum Gasteiger partial charge on any atom is 0.257 e. The smallest absolute Gasteiger partial charge is 0.257 e. The molecule has 2 aromatic carbocycles. The van der Waals surface area contributed by atoms with Crippen molar-refractivity contribution in [1.82, 2.24) is 5.32 Å². The fourth-order valence-electron chi connectivity index (χ4n) is 2.94. The molecule has 2 rings (SSSR count). The molecule has 0 unspecified atom stereocenters. The van der Waals surface area contributed by atoms with Gasteiger partial charge in [0.2, 0.25) is 0 Å². The molecule has 0 bridgehead atoms. The molecule has 0 aliphatic carbocycles. The first kappa shape index (κ1) is 20.8. The highest BCUT2D eigenvalue weighted by Gasteiger charge is 2.04. The molecular weight excluding hydrogens is 340 g/mol. The first-order chi connectivity index (χ1) is 13.1. The molecule has 27 heavy (non-hydrogen) atoms. The van der Waals surface area contributed by atoms with Crippen LogP contribution in [0.15, 0.2) is 42.5 Å². The van der Waals surface area contributed by atoms with Crippen LogP contribution in [0.25, 0.3) is 0 Å². The van der Waals surface area contributed by atoms with Gasteiger partial charge in [-0.25, -0.2) is 0 Å². The Morgan fingerprint density at radius 1 is 1.11 bits per heavy atom. The van der Waals surface area contributed by atoms with Gasteiger partial charge in [-0.15, -0.1) is 0 Å². The lowest BCUT2D eigenvalue weighted by Gasteiger charge is -2.09. The summed E-state index contributed by atoms with van der Waals surface area (Å²) in [5.74, 6) is 0.923. The predicted molar refractivity (Wildman–Crippen MR) is 108 cm³/mol. The molecular formula is C22H30N2O3. The number of nitrogens with one attached hydrogen (secondary N) is 1. The van der Waals surface area contributed by atoms with Gasteiger partial charge in [0.15, 0.2) is 6.61 Å². The summed E-state index contributed by atoms with van der Waals surface area (Å²) in [7, 11) is 0. The Morgan fingerprint density at radius 2 is 1.89 bits per heavy atom. The minimum atomic E-state index is -0.169. The Hall–Kier alpha value is -2.53. The highest BCUT2D eigenvalue weighted by molar-refractivity contribution is 5.77. The van der Waals surface area contributed by atoms with Crippen LogP contribution in [0.4, 0.5) is 0 Å².